The molecule has 1 spiro atoms. The third kappa shape index (κ3) is 1.14. The van der Waals surface area contributed by atoms with Gasteiger partial charge in [-0.3, -0.25) is 0 Å². The summed E-state index contributed by atoms with van der Waals surface area (Å²) >= 11 is 0. The van der Waals surface area contributed by atoms with Crippen molar-refractivity contribution in [1.29, 1.82) is 5.26 Å². The Morgan fingerprint density at radius 1 is 1.45 bits per heavy atom. The Bertz CT molecular complexity index is 190. The van der Waals surface area contributed by atoms with Crippen LogP contribution in [0.4, 0.5) is 0 Å². The van der Waals surface area contributed by atoms with Crippen LogP contribution < -0.4 is 0 Å². The molecule has 0 aromatic rings. The smallest absolute Gasteiger partial charge is 0.0695 e. The second-order valence-electron chi connectivity index (χ2n) is 3.70. The fraction of sp³-hybridized carbons (Fsp3) is 0.889. The standard InChI is InChI=1S/C9H13NO/c10-7-8-2-5-11-9(6-8)3-1-4-9/h8H,1-6H2/t8-/m1/s1. The average Bonchev–Trinajstić information content (AvgIpc) is 2.02. The van der Waals surface area contributed by atoms with Gasteiger partial charge >= 0.3 is 0 Å². The minimum atomic E-state index is 0.151. The molecule has 0 bridgehead atoms. The Kier molecular flexibility index (Phi) is 1.61. The Balaban J connectivity index is 1.98. The summed E-state index contributed by atoms with van der Waals surface area (Å²) in [4.78, 5) is 0. The van der Waals surface area contributed by atoms with E-state index in [1.54, 1.807) is 0 Å². The van der Waals surface area contributed by atoms with E-state index in [9.17, 15) is 0 Å². The van der Waals surface area contributed by atoms with Crippen molar-refractivity contribution in [3.63, 3.8) is 0 Å². The molecule has 0 aromatic carbocycles. The summed E-state index contributed by atoms with van der Waals surface area (Å²) in [6, 6.07) is 2.35. The van der Waals surface area contributed by atoms with Gasteiger partial charge in [-0.25, -0.2) is 0 Å². The van der Waals surface area contributed by atoms with Gasteiger partial charge < -0.3 is 4.74 Å². The van der Waals surface area contributed by atoms with E-state index in [2.05, 4.69) is 6.07 Å². The van der Waals surface area contributed by atoms with E-state index < -0.39 is 0 Å². The van der Waals surface area contributed by atoms with E-state index in [-0.39, 0.29) is 11.5 Å². The number of nitrogens with zero attached hydrogens (tertiary/aromatic N) is 1. The molecule has 0 amide bonds. The van der Waals surface area contributed by atoms with Crippen molar-refractivity contribution in [2.45, 2.75) is 37.7 Å². The molecule has 2 heteroatoms. The predicted octanol–water partition coefficient (Wildman–Crippen LogP) is 1.86. The van der Waals surface area contributed by atoms with Crippen molar-refractivity contribution < 1.29 is 4.74 Å². The van der Waals surface area contributed by atoms with E-state index in [0.717, 1.165) is 19.4 Å². The summed E-state index contributed by atoms with van der Waals surface area (Å²) < 4.78 is 5.68. The largest absolute Gasteiger partial charge is 0.375 e. The molecule has 1 saturated carbocycles. The van der Waals surface area contributed by atoms with Gasteiger partial charge in [-0.1, -0.05) is 0 Å². The normalized spacial score (nSPS) is 34.3. The van der Waals surface area contributed by atoms with Crippen LogP contribution in [-0.2, 0) is 4.74 Å². The van der Waals surface area contributed by atoms with E-state index in [1.165, 1.54) is 19.3 Å². The highest BCUT2D eigenvalue weighted by atomic mass is 16.5. The molecule has 1 atom stereocenters. The van der Waals surface area contributed by atoms with Gasteiger partial charge in [-0.2, -0.15) is 5.26 Å². The third-order valence-corrected chi connectivity index (χ3v) is 2.94. The van der Waals surface area contributed by atoms with Crippen molar-refractivity contribution in [2.24, 2.45) is 5.92 Å². The van der Waals surface area contributed by atoms with Crippen molar-refractivity contribution in [2.75, 3.05) is 6.61 Å². The van der Waals surface area contributed by atoms with Crippen LogP contribution >= 0.6 is 0 Å². The number of rotatable bonds is 0. The quantitative estimate of drug-likeness (QED) is 0.529. The van der Waals surface area contributed by atoms with Crippen LogP contribution in [-0.4, -0.2) is 12.2 Å². The van der Waals surface area contributed by atoms with Crippen LogP contribution in [0.3, 0.4) is 0 Å². The van der Waals surface area contributed by atoms with Crippen LogP contribution in [0.1, 0.15) is 32.1 Å². The van der Waals surface area contributed by atoms with Gasteiger partial charge in [-0.15, -0.1) is 0 Å². The molecule has 2 rings (SSSR count). The Hall–Kier alpha value is -0.550. The van der Waals surface area contributed by atoms with Gasteiger partial charge in [0.1, 0.15) is 0 Å². The van der Waals surface area contributed by atoms with Crippen molar-refractivity contribution in [1.82, 2.24) is 0 Å². The molecule has 0 aromatic heterocycles. The zero-order valence-corrected chi connectivity index (χ0v) is 6.68. The monoisotopic (exact) mass is 151 g/mol. The van der Waals surface area contributed by atoms with Crippen LogP contribution in [0.25, 0.3) is 0 Å². The molecule has 2 fully saturated rings. The van der Waals surface area contributed by atoms with Crippen LogP contribution in [0, 0.1) is 17.2 Å². The third-order valence-electron chi connectivity index (χ3n) is 2.94. The van der Waals surface area contributed by atoms with Crippen LogP contribution in [0.2, 0.25) is 0 Å². The summed E-state index contributed by atoms with van der Waals surface area (Å²) in [5.41, 5.74) is 0.151. The van der Waals surface area contributed by atoms with Crippen molar-refractivity contribution in [3.05, 3.63) is 0 Å². The number of hydrogen-bond acceptors (Lipinski definition) is 2. The maximum atomic E-state index is 8.74. The molecule has 1 aliphatic heterocycles. The highest BCUT2D eigenvalue weighted by Gasteiger charge is 2.42. The molecular weight excluding hydrogens is 138 g/mol. The molecule has 11 heavy (non-hydrogen) atoms. The van der Waals surface area contributed by atoms with Gasteiger partial charge in [0.15, 0.2) is 0 Å². The molecule has 60 valence electrons. The first-order valence-electron chi connectivity index (χ1n) is 4.38. The van der Waals surface area contributed by atoms with E-state index >= 15 is 0 Å². The average molecular weight is 151 g/mol. The molecule has 1 heterocycles. The molecule has 0 radical (unpaired) electrons. The molecule has 1 saturated heterocycles. The number of nitriles is 1. The van der Waals surface area contributed by atoms with Crippen LogP contribution in [0.5, 0.6) is 0 Å². The minimum absolute atomic E-state index is 0.151. The van der Waals surface area contributed by atoms with Gasteiger partial charge in [0.2, 0.25) is 0 Å². The second kappa shape index (κ2) is 2.49. The highest BCUT2D eigenvalue weighted by molar-refractivity contribution is 4.99. The summed E-state index contributed by atoms with van der Waals surface area (Å²) in [6.07, 6.45) is 5.59. The topological polar surface area (TPSA) is 33.0 Å². The molecule has 0 N–H and O–H groups in total. The molecule has 2 aliphatic rings. The van der Waals surface area contributed by atoms with Crippen molar-refractivity contribution >= 4 is 0 Å². The lowest BCUT2D eigenvalue weighted by Gasteiger charge is -2.45. The van der Waals surface area contributed by atoms with Gasteiger partial charge in [0.25, 0.3) is 0 Å². The van der Waals surface area contributed by atoms with Gasteiger partial charge in [-0.05, 0) is 32.1 Å². The van der Waals surface area contributed by atoms with Gasteiger partial charge in [0, 0.05) is 6.61 Å². The lowest BCUT2D eigenvalue weighted by Crippen LogP contribution is -2.45. The Morgan fingerprint density at radius 3 is 2.82 bits per heavy atom. The van der Waals surface area contributed by atoms with E-state index in [0.29, 0.717) is 0 Å². The maximum Gasteiger partial charge on any atom is 0.0695 e. The Morgan fingerprint density at radius 2 is 2.27 bits per heavy atom. The summed E-state index contributed by atoms with van der Waals surface area (Å²) in [6.45, 7) is 0.804. The SMILES string of the molecule is N#C[C@@H]1CCOC2(CCC2)C1. The highest BCUT2D eigenvalue weighted by Crippen LogP contribution is 2.43. The van der Waals surface area contributed by atoms with Crippen molar-refractivity contribution in [3.8, 4) is 6.07 Å². The fourth-order valence-corrected chi connectivity index (χ4v) is 2.06. The van der Waals surface area contributed by atoms with Gasteiger partial charge in [0.05, 0.1) is 17.6 Å². The zero-order chi connectivity index (χ0) is 7.73. The molecule has 0 unspecified atom stereocenters. The van der Waals surface area contributed by atoms with E-state index in [4.69, 9.17) is 10.00 Å². The maximum absolute atomic E-state index is 8.74. The number of hydrogen-bond donors (Lipinski definition) is 0. The predicted molar refractivity (Wildman–Crippen MR) is 40.9 cm³/mol. The summed E-state index contributed by atoms with van der Waals surface area (Å²) in [5.74, 6) is 0.268. The molecular formula is C9H13NO. The number of ether oxygens (including phenoxy) is 1. The van der Waals surface area contributed by atoms with Crippen LogP contribution in [0.15, 0.2) is 0 Å². The zero-order valence-electron chi connectivity index (χ0n) is 6.68. The Labute approximate surface area is 67.2 Å². The fourth-order valence-electron chi connectivity index (χ4n) is 2.06. The minimum Gasteiger partial charge on any atom is -0.375 e. The summed E-state index contributed by atoms with van der Waals surface area (Å²) in [7, 11) is 0. The summed E-state index contributed by atoms with van der Waals surface area (Å²) in [5, 5.41) is 8.74. The second-order valence-corrected chi connectivity index (χ2v) is 3.70. The lowest BCUT2D eigenvalue weighted by molar-refractivity contribution is -0.136. The van der Waals surface area contributed by atoms with E-state index in [1.807, 2.05) is 0 Å². The molecule has 2 nitrogen and oxygen atoms in total. The first-order valence-corrected chi connectivity index (χ1v) is 4.38. The first kappa shape index (κ1) is 7.12. The first-order chi connectivity index (χ1) is 5.35. The lowest BCUT2D eigenvalue weighted by atomic mass is 9.72. The molecule has 1 aliphatic carbocycles.